The Labute approximate surface area is 177 Å². The number of aliphatic hydroxyl groups is 1. The summed E-state index contributed by atoms with van der Waals surface area (Å²) in [5.41, 5.74) is 2.48. The van der Waals surface area contributed by atoms with Gasteiger partial charge in [0.05, 0.1) is 36.2 Å². The van der Waals surface area contributed by atoms with E-state index in [1.54, 1.807) is 12.1 Å². The second-order valence-electron chi connectivity index (χ2n) is 7.31. The van der Waals surface area contributed by atoms with E-state index in [4.69, 9.17) is 33.3 Å². The Morgan fingerprint density at radius 1 is 1.31 bits per heavy atom. The standard InChI is InChI=1S/C20H19ClFN3O3S/c1-24-15-4-2-3-12(17-27-7-8-28-17)16(15)23-19(29)25-18(24)20(25,10-26)11-5-6-14(22)13(21)9-11/h2-6,9,17-18,26H,7-8,10H2,1H3,(H,23,29). The molecule has 0 aromatic heterocycles. The van der Waals surface area contributed by atoms with Crippen LogP contribution in [0, 0.1) is 5.82 Å². The summed E-state index contributed by atoms with van der Waals surface area (Å²) in [6.07, 6.45) is -0.701. The molecule has 6 nitrogen and oxygen atoms in total. The molecule has 0 bridgehead atoms. The van der Waals surface area contributed by atoms with Gasteiger partial charge < -0.3 is 29.7 Å². The quantitative estimate of drug-likeness (QED) is 0.567. The third kappa shape index (κ3) is 2.67. The number of nitrogens with one attached hydrogen (secondary N) is 1. The van der Waals surface area contributed by atoms with E-state index < -0.39 is 17.6 Å². The molecule has 9 heteroatoms. The minimum atomic E-state index is -0.815. The minimum Gasteiger partial charge on any atom is -0.393 e. The van der Waals surface area contributed by atoms with Gasteiger partial charge in [-0.25, -0.2) is 4.39 Å². The maximum Gasteiger partial charge on any atom is 0.186 e. The fourth-order valence-corrected chi connectivity index (χ4v) is 4.97. The smallest absolute Gasteiger partial charge is 0.186 e. The molecule has 0 spiro atoms. The van der Waals surface area contributed by atoms with Gasteiger partial charge in [-0.1, -0.05) is 29.8 Å². The number of anilines is 2. The summed E-state index contributed by atoms with van der Waals surface area (Å²) in [6, 6.07) is 10.4. The first-order valence-electron chi connectivity index (χ1n) is 9.24. The van der Waals surface area contributed by atoms with Gasteiger partial charge in [0.15, 0.2) is 11.4 Å². The lowest BCUT2D eigenvalue weighted by atomic mass is 9.97. The van der Waals surface area contributed by atoms with Crippen LogP contribution < -0.4 is 10.2 Å². The van der Waals surface area contributed by atoms with Crippen LogP contribution >= 0.6 is 23.8 Å². The zero-order valence-electron chi connectivity index (χ0n) is 15.6. The van der Waals surface area contributed by atoms with Crippen molar-refractivity contribution in [3.63, 3.8) is 0 Å². The average molecular weight is 436 g/mol. The molecule has 0 radical (unpaired) electrons. The normalized spacial score (nSPS) is 26.1. The van der Waals surface area contributed by atoms with Gasteiger partial charge in [0.1, 0.15) is 17.5 Å². The summed E-state index contributed by atoms with van der Waals surface area (Å²) in [7, 11) is 1.94. The molecule has 5 rings (SSSR count). The van der Waals surface area contributed by atoms with Crippen molar-refractivity contribution in [3.05, 3.63) is 58.4 Å². The van der Waals surface area contributed by atoms with Crippen molar-refractivity contribution in [1.82, 2.24) is 4.90 Å². The van der Waals surface area contributed by atoms with Crippen LogP contribution in [0.3, 0.4) is 0 Å². The first kappa shape index (κ1) is 19.0. The zero-order chi connectivity index (χ0) is 20.3. The molecule has 3 aliphatic rings. The van der Waals surface area contributed by atoms with Crippen LogP contribution in [0.15, 0.2) is 36.4 Å². The molecular weight excluding hydrogens is 417 g/mol. The van der Waals surface area contributed by atoms with Crippen molar-refractivity contribution in [2.45, 2.75) is 18.0 Å². The average Bonchev–Trinajstić information content (AvgIpc) is 3.15. The number of halogens is 2. The second kappa shape index (κ2) is 6.78. The number of aliphatic hydroxyl groups excluding tert-OH is 1. The number of benzene rings is 2. The molecular formula is C20H19ClFN3O3S. The summed E-state index contributed by atoms with van der Waals surface area (Å²) in [5, 5.41) is 14.2. The maximum atomic E-state index is 13.7. The molecule has 152 valence electrons. The first-order chi connectivity index (χ1) is 14.0. The molecule has 2 aromatic carbocycles. The molecule has 3 aliphatic heterocycles. The lowest BCUT2D eigenvalue weighted by molar-refractivity contribution is -0.0435. The Kier molecular flexibility index (Phi) is 4.45. The van der Waals surface area contributed by atoms with E-state index in [2.05, 4.69) is 5.32 Å². The van der Waals surface area contributed by atoms with Crippen LogP contribution in [-0.4, -0.2) is 48.2 Å². The zero-order valence-corrected chi connectivity index (χ0v) is 17.1. The summed E-state index contributed by atoms with van der Waals surface area (Å²) in [5.74, 6) is -0.500. The van der Waals surface area contributed by atoms with Crippen molar-refractivity contribution in [2.24, 2.45) is 0 Å². The Balaban J connectivity index is 1.59. The Hall–Kier alpha value is -1.97. The predicted octanol–water partition coefficient (Wildman–Crippen LogP) is 3.20. The number of rotatable bonds is 3. The molecule has 2 saturated heterocycles. The van der Waals surface area contributed by atoms with E-state index in [1.807, 2.05) is 35.0 Å². The van der Waals surface area contributed by atoms with E-state index in [9.17, 15) is 9.50 Å². The Morgan fingerprint density at radius 2 is 2.07 bits per heavy atom. The van der Waals surface area contributed by atoms with Crippen LogP contribution in [0.1, 0.15) is 17.4 Å². The SMILES string of the molecule is CN1c2cccc(C3OCCO3)c2NC(=S)N2C1C2(CO)c1ccc(F)c(Cl)c1. The lowest BCUT2D eigenvalue weighted by Gasteiger charge is -2.26. The van der Waals surface area contributed by atoms with Gasteiger partial charge in [0.25, 0.3) is 0 Å². The highest BCUT2D eigenvalue weighted by molar-refractivity contribution is 7.80. The summed E-state index contributed by atoms with van der Waals surface area (Å²) >= 11 is 11.7. The molecule has 2 N–H and O–H groups in total. The van der Waals surface area contributed by atoms with Crippen LogP contribution in [0.5, 0.6) is 0 Å². The van der Waals surface area contributed by atoms with Gasteiger partial charge in [-0.05, 0) is 36.0 Å². The Bertz CT molecular complexity index is 1000. The van der Waals surface area contributed by atoms with E-state index in [-0.39, 0.29) is 17.8 Å². The summed E-state index contributed by atoms with van der Waals surface area (Å²) in [4.78, 5) is 3.96. The number of para-hydroxylation sites is 1. The summed E-state index contributed by atoms with van der Waals surface area (Å²) < 4.78 is 25.1. The van der Waals surface area contributed by atoms with E-state index in [1.165, 1.54) is 6.07 Å². The van der Waals surface area contributed by atoms with Crippen LogP contribution in [-0.2, 0) is 15.0 Å². The third-order valence-corrected chi connectivity index (χ3v) is 6.43. The van der Waals surface area contributed by atoms with E-state index in [0.717, 1.165) is 16.9 Å². The van der Waals surface area contributed by atoms with Crippen molar-refractivity contribution >= 4 is 40.3 Å². The monoisotopic (exact) mass is 435 g/mol. The first-order valence-corrected chi connectivity index (χ1v) is 10.0. The fraction of sp³-hybridized carbons (Fsp3) is 0.350. The number of ether oxygens (including phenoxy) is 2. The van der Waals surface area contributed by atoms with Gasteiger partial charge in [0.2, 0.25) is 0 Å². The maximum absolute atomic E-state index is 13.7. The van der Waals surface area contributed by atoms with Crippen molar-refractivity contribution in [3.8, 4) is 0 Å². The molecule has 2 fully saturated rings. The predicted molar refractivity (Wildman–Crippen MR) is 112 cm³/mol. The Morgan fingerprint density at radius 3 is 2.76 bits per heavy atom. The number of fused-ring (bicyclic) bond motifs is 2. The molecule has 2 unspecified atom stereocenters. The van der Waals surface area contributed by atoms with Gasteiger partial charge in [-0.3, -0.25) is 0 Å². The van der Waals surface area contributed by atoms with Crippen molar-refractivity contribution < 1.29 is 19.0 Å². The van der Waals surface area contributed by atoms with Crippen LogP contribution in [0.2, 0.25) is 5.02 Å². The molecule has 29 heavy (non-hydrogen) atoms. The number of hydrogen-bond acceptors (Lipinski definition) is 5. The number of thiocarbonyl (C=S) groups is 1. The molecule has 0 aliphatic carbocycles. The number of hydrogen-bond donors (Lipinski definition) is 2. The largest absolute Gasteiger partial charge is 0.393 e. The number of likely N-dealkylation sites (N-methyl/N-ethyl adjacent to an activating group) is 1. The highest BCUT2D eigenvalue weighted by Crippen LogP contribution is 2.55. The van der Waals surface area contributed by atoms with Gasteiger partial charge in [-0.15, -0.1) is 0 Å². The van der Waals surface area contributed by atoms with Gasteiger partial charge in [0, 0.05) is 12.6 Å². The highest BCUT2D eigenvalue weighted by atomic mass is 35.5. The second-order valence-corrected chi connectivity index (χ2v) is 8.10. The van der Waals surface area contributed by atoms with Gasteiger partial charge >= 0.3 is 0 Å². The summed E-state index contributed by atoms with van der Waals surface area (Å²) in [6.45, 7) is 0.889. The highest BCUT2D eigenvalue weighted by Gasteiger charge is 2.68. The van der Waals surface area contributed by atoms with Gasteiger partial charge in [-0.2, -0.15) is 0 Å². The van der Waals surface area contributed by atoms with Crippen molar-refractivity contribution in [2.75, 3.05) is 37.1 Å². The molecule has 0 saturated carbocycles. The third-order valence-electron chi connectivity index (χ3n) is 5.84. The topological polar surface area (TPSA) is 57.0 Å². The molecule has 2 aromatic rings. The van der Waals surface area contributed by atoms with E-state index in [0.29, 0.717) is 23.9 Å². The molecule has 2 atom stereocenters. The number of nitrogens with zero attached hydrogens (tertiary/aromatic N) is 2. The van der Waals surface area contributed by atoms with Crippen LogP contribution in [0.25, 0.3) is 0 Å². The van der Waals surface area contributed by atoms with E-state index >= 15 is 0 Å². The minimum absolute atomic E-state index is 0.0118. The molecule has 0 amide bonds. The lowest BCUT2D eigenvalue weighted by Crippen LogP contribution is -2.32. The van der Waals surface area contributed by atoms with Crippen molar-refractivity contribution in [1.29, 1.82) is 0 Å². The fourth-order valence-electron chi connectivity index (χ4n) is 4.43. The molecule has 3 heterocycles. The van der Waals surface area contributed by atoms with Crippen LogP contribution in [0.4, 0.5) is 15.8 Å².